The number of tetrazole rings is 1. The van der Waals surface area contributed by atoms with Crippen molar-refractivity contribution < 1.29 is 9.53 Å². The standard InChI is InChI=1S/C14H14N6O2/c1-2-22-14-11(4-3-6-15-14)9-16-13(21)10-5-7-20-12(8-10)17-18-19-20/h3-8H,2,9H2,1H3,(H,16,21). The molecule has 0 radical (unpaired) electrons. The Morgan fingerprint density at radius 2 is 2.32 bits per heavy atom. The number of hydrogen-bond donors (Lipinski definition) is 1. The Labute approximate surface area is 126 Å². The van der Waals surface area contributed by atoms with Gasteiger partial charge in [-0.2, -0.15) is 0 Å². The second-order valence-electron chi connectivity index (χ2n) is 4.48. The molecule has 22 heavy (non-hydrogen) atoms. The van der Waals surface area contributed by atoms with Gasteiger partial charge < -0.3 is 10.1 Å². The van der Waals surface area contributed by atoms with Crippen molar-refractivity contribution in [2.75, 3.05) is 6.61 Å². The van der Waals surface area contributed by atoms with Gasteiger partial charge in [0.15, 0.2) is 5.65 Å². The molecular formula is C14H14N6O2. The van der Waals surface area contributed by atoms with E-state index in [1.807, 2.05) is 13.0 Å². The van der Waals surface area contributed by atoms with Gasteiger partial charge in [0.05, 0.1) is 6.61 Å². The Bertz CT molecular complexity index is 801. The minimum Gasteiger partial charge on any atom is -0.478 e. The minimum atomic E-state index is -0.211. The fraction of sp³-hybridized carbons (Fsp3) is 0.214. The summed E-state index contributed by atoms with van der Waals surface area (Å²) in [4.78, 5) is 16.4. The van der Waals surface area contributed by atoms with E-state index in [0.717, 1.165) is 5.56 Å². The van der Waals surface area contributed by atoms with E-state index >= 15 is 0 Å². The molecule has 0 unspecified atom stereocenters. The zero-order chi connectivity index (χ0) is 15.4. The number of pyridine rings is 2. The molecule has 3 aromatic heterocycles. The second kappa shape index (κ2) is 6.17. The maximum Gasteiger partial charge on any atom is 0.251 e. The molecule has 0 saturated carbocycles. The van der Waals surface area contributed by atoms with Crippen LogP contribution in [0.15, 0.2) is 36.7 Å². The maximum absolute atomic E-state index is 12.2. The first-order valence-electron chi connectivity index (χ1n) is 6.80. The Morgan fingerprint density at radius 3 is 3.18 bits per heavy atom. The molecule has 1 N–H and O–H groups in total. The molecule has 3 rings (SSSR count). The summed E-state index contributed by atoms with van der Waals surface area (Å²) in [6.07, 6.45) is 3.29. The summed E-state index contributed by atoms with van der Waals surface area (Å²) >= 11 is 0. The van der Waals surface area contributed by atoms with Gasteiger partial charge >= 0.3 is 0 Å². The van der Waals surface area contributed by atoms with Crippen molar-refractivity contribution in [3.8, 4) is 5.88 Å². The lowest BCUT2D eigenvalue weighted by molar-refractivity contribution is 0.0950. The number of ether oxygens (including phenoxy) is 1. The third-order valence-electron chi connectivity index (χ3n) is 3.03. The Kier molecular flexibility index (Phi) is 3.90. The monoisotopic (exact) mass is 298 g/mol. The molecule has 0 aliphatic carbocycles. The molecule has 0 bridgehead atoms. The fourth-order valence-electron chi connectivity index (χ4n) is 1.98. The molecule has 1 amide bonds. The van der Waals surface area contributed by atoms with Gasteiger partial charge in [-0.1, -0.05) is 6.07 Å². The van der Waals surface area contributed by atoms with Crippen LogP contribution < -0.4 is 10.1 Å². The van der Waals surface area contributed by atoms with Crippen LogP contribution in [-0.2, 0) is 6.54 Å². The lowest BCUT2D eigenvalue weighted by atomic mass is 10.2. The zero-order valence-electron chi connectivity index (χ0n) is 11.9. The van der Waals surface area contributed by atoms with E-state index in [9.17, 15) is 4.79 Å². The van der Waals surface area contributed by atoms with Crippen LogP contribution in [0.4, 0.5) is 0 Å². The quantitative estimate of drug-likeness (QED) is 0.750. The molecular weight excluding hydrogens is 284 g/mol. The molecule has 3 aromatic rings. The van der Waals surface area contributed by atoms with Crippen molar-refractivity contribution in [1.29, 1.82) is 0 Å². The van der Waals surface area contributed by atoms with Crippen molar-refractivity contribution in [3.05, 3.63) is 47.8 Å². The van der Waals surface area contributed by atoms with Crippen LogP contribution >= 0.6 is 0 Å². The average molecular weight is 298 g/mol. The minimum absolute atomic E-state index is 0.211. The van der Waals surface area contributed by atoms with E-state index in [0.29, 0.717) is 30.2 Å². The van der Waals surface area contributed by atoms with Crippen LogP contribution in [0.5, 0.6) is 5.88 Å². The highest BCUT2D eigenvalue weighted by atomic mass is 16.5. The average Bonchev–Trinajstić information content (AvgIpc) is 3.01. The van der Waals surface area contributed by atoms with Crippen molar-refractivity contribution in [1.82, 2.24) is 30.3 Å². The number of nitrogens with one attached hydrogen (secondary N) is 1. The van der Waals surface area contributed by atoms with E-state index in [-0.39, 0.29) is 5.91 Å². The number of aromatic nitrogens is 5. The predicted molar refractivity (Wildman–Crippen MR) is 77.4 cm³/mol. The largest absolute Gasteiger partial charge is 0.478 e. The van der Waals surface area contributed by atoms with Crippen LogP contribution in [-0.4, -0.2) is 37.5 Å². The van der Waals surface area contributed by atoms with Gasteiger partial charge in [-0.15, -0.1) is 5.10 Å². The van der Waals surface area contributed by atoms with Crippen molar-refractivity contribution in [2.24, 2.45) is 0 Å². The lowest BCUT2D eigenvalue weighted by Gasteiger charge is -2.09. The smallest absolute Gasteiger partial charge is 0.251 e. The summed E-state index contributed by atoms with van der Waals surface area (Å²) in [5.41, 5.74) is 1.83. The van der Waals surface area contributed by atoms with Crippen molar-refractivity contribution in [3.63, 3.8) is 0 Å². The molecule has 0 fully saturated rings. The summed E-state index contributed by atoms with van der Waals surface area (Å²) < 4.78 is 6.92. The van der Waals surface area contributed by atoms with E-state index in [1.54, 1.807) is 30.6 Å². The summed E-state index contributed by atoms with van der Waals surface area (Å²) in [7, 11) is 0. The fourth-order valence-corrected chi connectivity index (χ4v) is 1.98. The number of carbonyl (C=O) groups is 1. The molecule has 8 nitrogen and oxygen atoms in total. The van der Waals surface area contributed by atoms with Gasteiger partial charge in [0.1, 0.15) is 0 Å². The number of fused-ring (bicyclic) bond motifs is 1. The molecule has 0 saturated heterocycles. The molecule has 0 aromatic carbocycles. The first-order valence-corrected chi connectivity index (χ1v) is 6.80. The molecule has 0 aliphatic rings. The Balaban J connectivity index is 1.72. The molecule has 8 heteroatoms. The van der Waals surface area contributed by atoms with Crippen LogP contribution in [0.25, 0.3) is 5.65 Å². The van der Waals surface area contributed by atoms with Crippen LogP contribution in [0.3, 0.4) is 0 Å². The van der Waals surface area contributed by atoms with E-state index < -0.39 is 0 Å². The van der Waals surface area contributed by atoms with Crippen LogP contribution in [0.2, 0.25) is 0 Å². The highest BCUT2D eigenvalue weighted by Gasteiger charge is 2.10. The molecule has 0 spiro atoms. The van der Waals surface area contributed by atoms with Gasteiger partial charge in [-0.05, 0) is 35.5 Å². The third-order valence-corrected chi connectivity index (χ3v) is 3.03. The number of rotatable bonds is 5. The number of carbonyl (C=O) groups excluding carboxylic acids is 1. The number of nitrogens with zero attached hydrogens (tertiary/aromatic N) is 5. The normalized spacial score (nSPS) is 10.6. The van der Waals surface area contributed by atoms with Gasteiger partial charge in [-0.25, -0.2) is 9.50 Å². The van der Waals surface area contributed by atoms with Crippen LogP contribution in [0, 0.1) is 0 Å². The zero-order valence-corrected chi connectivity index (χ0v) is 11.9. The highest BCUT2D eigenvalue weighted by Crippen LogP contribution is 2.14. The predicted octanol–water partition coefficient (Wildman–Crippen LogP) is 0.848. The highest BCUT2D eigenvalue weighted by molar-refractivity contribution is 5.94. The topological polar surface area (TPSA) is 94.3 Å². The Hall–Kier alpha value is -3.03. The number of hydrogen-bond acceptors (Lipinski definition) is 6. The summed E-state index contributed by atoms with van der Waals surface area (Å²) in [5, 5.41) is 13.9. The van der Waals surface area contributed by atoms with Crippen LogP contribution in [0.1, 0.15) is 22.8 Å². The molecule has 0 aliphatic heterocycles. The third kappa shape index (κ3) is 2.85. The van der Waals surface area contributed by atoms with Gasteiger partial charge in [0.2, 0.25) is 5.88 Å². The first-order chi connectivity index (χ1) is 10.8. The van der Waals surface area contributed by atoms with E-state index in [4.69, 9.17) is 4.74 Å². The molecule has 3 heterocycles. The van der Waals surface area contributed by atoms with Gasteiger partial charge in [-0.3, -0.25) is 4.79 Å². The summed E-state index contributed by atoms with van der Waals surface area (Å²) in [5.74, 6) is 0.319. The summed E-state index contributed by atoms with van der Waals surface area (Å²) in [6.45, 7) is 2.74. The van der Waals surface area contributed by atoms with Gasteiger partial charge in [0.25, 0.3) is 5.91 Å². The van der Waals surface area contributed by atoms with E-state index in [2.05, 4.69) is 25.8 Å². The number of amides is 1. The Morgan fingerprint density at radius 1 is 1.41 bits per heavy atom. The van der Waals surface area contributed by atoms with Gasteiger partial charge in [0, 0.05) is 30.1 Å². The molecule has 112 valence electrons. The van der Waals surface area contributed by atoms with Crippen molar-refractivity contribution >= 4 is 11.6 Å². The SMILES string of the molecule is CCOc1ncccc1CNC(=O)c1ccn2nnnc2c1. The second-order valence-corrected chi connectivity index (χ2v) is 4.48. The maximum atomic E-state index is 12.2. The molecule has 0 atom stereocenters. The van der Waals surface area contributed by atoms with E-state index in [1.165, 1.54) is 4.52 Å². The van der Waals surface area contributed by atoms with Crippen molar-refractivity contribution in [2.45, 2.75) is 13.5 Å². The first kappa shape index (κ1) is 13.9. The lowest BCUT2D eigenvalue weighted by Crippen LogP contribution is -2.23. The summed E-state index contributed by atoms with van der Waals surface area (Å²) in [6, 6.07) is 6.95.